The summed E-state index contributed by atoms with van der Waals surface area (Å²) in [6.07, 6.45) is 0. The van der Waals surface area contributed by atoms with E-state index in [-0.39, 0.29) is 10.8 Å². The van der Waals surface area contributed by atoms with Crippen LogP contribution in [0.3, 0.4) is 0 Å². The van der Waals surface area contributed by atoms with Crippen molar-refractivity contribution in [2.24, 2.45) is 0 Å². The first-order valence-corrected chi connectivity index (χ1v) is 11.5. The minimum atomic E-state index is -3.78. The fraction of sp³-hybridized carbons (Fsp3) is 0.421. The Labute approximate surface area is 170 Å². The second-order valence-corrected chi connectivity index (χ2v) is 9.25. The van der Waals surface area contributed by atoms with Gasteiger partial charge in [-0.05, 0) is 53.6 Å². The van der Waals surface area contributed by atoms with Gasteiger partial charge in [0.25, 0.3) is 0 Å². The maximum Gasteiger partial charge on any atom is 0.241 e. The zero-order chi connectivity index (χ0) is 20.1. The number of hydrogen-bond donors (Lipinski definition) is 1. The number of carbonyl (C=O) groups is 1. The van der Waals surface area contributed by atoms with E-state index in [1.165, 1.54) is 24.8 Å². The van der Waals surface area contributed by atoms with Crippen LogP contribution in [0.25, 0.3) is 0 Å². The average Bonchev–Trinajstić information content (AvgIpc) is 3.21. The Morgan fingerprint density at radius 3 is 2.43 bits per heavy atom. The molecule has 0 spiro atoms. The molecule has 1 aromatic carbocycles. The molecule has 0 bridgehead atoms. The first kappa shape index (κ1) is 20.8. The van der Waals surface area contributed by atoms with Crippen LogP contribution in [0.5, 0.6) is 5.75 Å². The first-order chi connectivity index (χ1) is 13.4. The monoisotopic (exact) mass is 423 g/mol. The number of benzene rings is 1. The summed E-state index contributed by atoms with van der Waals surface area (Å²) in [4.78, 5) is 16.8. The summed E-state index contributed by atoms with van der Waals surface area (Å²) in [6.45, 7) is 5.21. The van der Waals surface area contributed by atoms with E-state index in [1.54, 1.807) is 35.3 Å². The van der Waals surface area contributed by atoms with Crippen molar-refractivity contribution in [3.05, 3.63) is 46.7 Å². The first-order valence-electron chi connectivity index (χ1n) is 9.07. The highest BCUT2D eigenvalue weighted by molar-refractivity contribution is 7.89. The van der Waals surface area contributed by atoms with Gasteiger partial charge in [0.05, 0.1) is 18.0 Å². The van der Waals surface area contributed by atoms with E-state index in [9.17, 15) is 13.2 Å². The van der Waals surface area contributed by atoms with Crippen molar-refractivity contribution >= 4 is 27.3 Å². The largest absolute Gasteiger partial charge is 0.497 e. The molecular formula is C19H25N3O4S2. The molecule has 9 heteroatoms. The molecule has 1 amide bonds. The van der Waals surface area contributed by atoms with Gasteiger partial charge in [0.2, 0.25) is 15.9 Å². The van der Waals surface area contributed by atoms with Crippen molar-refractivity contribution in [3.8, 4) is 5.75 Å². The number of sulfonamides is 1. The maximum absolute atomic E-state index is 12.7. The zero-order valence-electron chi connectivity index (χ0n) is 16.0. The molecule has 2 aromatic rings. The van der Waals surface area contributed by atoms with Crippen LogP contribution in [-0.4, -0.2) is 63.5 Å². The molecule has 0 saturated carbocycles. The second kappa shape index (κ2) is 9.04. The lowest BCUT2D eigenvalue weighted by molar-refractivity contribution is -0.134. The van der Waals surface area contributed by atoms with Crippen LogP contribution < -0.4 is 9.46 Å². The smallest absolute Gasteiger partial charge is 0.241 e. The number of thiophene rings is 1. The molecule has 1 saturated heterocycles. The Morgan fingerprint density at radius 2 is 1.86 bits per heavy atom. The molecule has 1 fully saturated rings. The molecule has 7 nitrogen and oxygen atoms in total. The van der Waals surface area contributed by atoms with Crippen LogP contribution in [0.1, 0.15) is 12.5 Å². The van der Waals surface area contributed by atoms with Gasteiger partial charge >= 0.3 is 0 Å². The van der Waals surface area contributed by atoms with Crippen LogP contribution in [0.4, 0.5) is 0 Å². The number of piperazine rings is 1. The van der Waals surface area contributed by atoms with Crippen LogP contribution in [0.15, 0.2) is 46.0 Å². The molecule has 0 unspecified atom stereocenters. The van der Waals surface area contributed by atoms with Gasteiger partial charge in [-0.3, -0.25) is 9.69 Å². The fourth-order valence-corrected chi connectivity index (χ4v) is 5.00. The third kappa shape index (κ3) is 5.11. The average molecular weight is 424 g/mol. The molecule has 0 radical (unpaired) electrons. The van der Waals surface area contributed by atoms with E-state index < -0.39 is 16.1 Å². The molecule has 1 N–H and O–H groups in total. The lowest BCUT2D eigenvalue weighted by Crippen LogP contribution is -2.53. The maximum atomic E-state index is 12.7. The van der Waals surface area contributed by atoms with E-state index in [2.05, 4.69) is 26.4 Å². The number of nitrogens with zero attached hydrogens (tertiary/aromatic N) is 2. The molecule has 1 atom stereocenters. The summed E-state index contributed by atoms with van der Waals surface area (Å²) < 4.78 is 32.6. The van der Waals surface area contributed by atoms with Crippen molar-refractivity contribution < 1.29 is 17.9 Å². The molecule has 2 heterocycles. The van der Waals surface area contributed by atoms with Crippen molar-refractivity contribution in [3.63, 3.8) is 0 Å². The van der Waals surface area contributed by atoms with E-state index in [1.807, 2.05) is 0 Å². The van der Waals surface area contributed by atoms with E-state index in [0.717, 1.165) is 19.6 Å². The van der Waals surface area contributed by atoms with Crippen LogP contribution in [-0.2, 0) is 21.4 Å². The number of amides is 1. The topological polar surface area (TPSA) is 78.9 Å². The number of methoxy groups -OCH3 is 1. The Kier molecular flexibility index (Phi) is 6.71. The summed E-state index contributed by atoms with van der Waals surface area (Å²) in [5, 5.41) is 4.19. The predicted octanol–water partition coefficient (Wildman–Crippen LogP) is 1.77. The molecule has 152 valence electrons. The number of carbonyl (C=O) groups excluding carboxylic acids is 1. The van der Waals surface area contributed by atoms with Gasteiger partial charge in [-0.25, -0.2) is 8.42 Å². The quantitative estimate of drug-likeness (QED) is 0.734. The van der Waals surface area contributed by atoms with Crippen molar-refractivity contribution in [2.75, 3.05) is 33.3 Å². The summed E-state index contributed by atoms with van der Waals surface area (Å²) in [7, 11) is -2.26. The number of hydrogen-bond acceptors (Lipinski definition) is 6. The normalized spacial score (nSPS) is 16.7. The summed E-state index contributed by atoms with van der Waals surface area (Å²) in [5.74, 6) is 0.371. The third-order valence-corrected chi connectivity index (χ3v) is 7.03. The fourth-order valence-electron chi connectivity index (χ4n) is 3.15. The van der Waals surface area contributed by atoms with Crippen LogP contribution in [0.2, 0.25) is 0 Å². The summed E-state index contributed by atoms with van der Waals surface area (Å²) in [5.41, 5.74) is 1.28. The predicted molar refractivity (Wildman–Crippen MR) is 109 cm³/mol. The Morgan fingerprint density at radius 1 is 1.18 bits per heavy atom. The molecule has 1 aliphatic heterocycles. The minimum absolute atomic E-state index is 0.105. The number of nitrogens with one attached hydrogen (secondary N) is 1. The van der Waals surface area contributed by atoms with Gasteiger partial charge in [-0.1, -0.05) is 0 Å². The molecule has 0 aliphatic carbocycles. The lowest BCUT2D eigenvalue weighted by Gasteiger charge is -2.35. The molecular weight excluding hydrogens is 398 g/mol. The highest BCUT2D eigenvalue weighted by Crippen LogP contribution is 2.16. The third-order valence-electron chi connectivity index (χ3n) is 4.74. The standard InChI is InChI=1S/C19H25N3O4S2/c1-15(20-28(24,25)18-5-3-17(26-2)4-6-18)19(23)22-10-8-21(9-11-22)13-16-7-12-27-14-16/h3-7,12,14-15,20H,8-11,13H2,1-2H3/t15-/m0/s1. The highest BCUT2D eigenvalue weighted by atomic mass is 32.2. The van der Waals surface area contributed by atoms with Gasteiger partial charge in [-0.15, -0.1) is 0 Å². The Balaban J connectivity index is 1.54. The molecule has 28 heavy (non-hydrogen) atoms. The van der Waals surface area contributed by atoms with E-state index in [4.69, 9.17) is 4.74 Å². The Hall–Kier alpha value is -1.94. The van der Waals surface area contributed by atoms with Gasteiger partial charge in [-0.2, -0.15) is 16.1 Å². The zero-order valence-corrected chi connectivity index (χ0v) is 17.6. The van der Waals surface area contributed by atoms with Gasteiger partial charge in [0.1, 0.15) is 5.75 Å². The lowest BCUT2D eigenvalue weighted by atomic mass is 10.2. The SMILES string of the molecule is COc1ccc(S(=O)(=O)N[C@@H](C)C(=O)N2CCN(Cc3ccsc3)CC2)cc1. The van der Waals surface area contributed by atoms with Gasteiger partial charge in [0, 0.05) is 32.7 Å². The number of rotatable bonds is 7. The second-order valence-electron chi connectivity index (χ2n) is 6.75. The Bertz CT molecular complexity index is 874. The summed E-state index contributed by atoms with van der Waals surface area (Å²) >= 11 is 1.68. The van der Waals surface area contributed by atoms with Crippen LogP contribution >= 0.6 is 11.3 Å². The van der Waals surface area contributed by atoms with Gasteiger partial charge in [0.15, 0.2) is 0 Å². The molecule has 1 aliphatic rings. The highest BCUT2D eigenvalue weighted by Gasteiger charge is 2.28. The minimum Gasteiger partial charge on any atom is -0.497 e. The van der Waals surface area contributed by atoms with Crippen molar-refractivity contribution in [1.29, 1.82) is 0 Å². The number of ether oxygens (including phenoxy) is 1. The van der Waals surface area contributed by atoms with Crippen LogP contribution in [0, 0.1) is 0 Å². The van der Waals surface area contributed by atoms with E-state index >= 15 is 0 Å². The molecule has 3 rings (SSSR count). The van der Waals surface area contributed by atoms with Crippen molar-refractivity contribution in [1.82, 2.24) is 14.5 Å². The van der Waals surface area contributed by atoms with Gasteiger partial charge < -0.3 is 9.64 Å². The van der Waals surface area contributed by atoms with Crippen molar-refractivity contribution in [2.45, 2.75) is 24.4 Å². The summed E-state index contributed by atoms with van der Waals surface area (Å²) in [6, 6.07) is 7.36. The van der Waals surface area contributed by atoms with E-state index in [0.29, 0.717) is 18.8 Å². The molecule has 1 aromatic heterocycles.